The number of ether oxygens (including phenoxy) is 2. The first-order valence-electron chi connectivity index (χ1n) is 12.8. The van der Waals surface area contributed by atoms with Gasteiger partial charge in [0, 0.05) is 26.2 Å². The van der Waals surface area contributed by atoms with E-state index in [1.165, 1.54) is 24.1 Å². The Balaban J connectivity index is 1.86. The normalized spacial score (nSPS) is 14.3. The van der Waals surface area contributed by atoms with Gasteiger partial charge in [0.2, 0.25) is 0 Å². The molecule has 0 atom stereocenters. The van der Waals surface area contributed by atoms with Gasteiger partial charge in [-0.2, -0.15) is 18.4 Å². The molecule has 0 spiro atoms. The average Bonchev–Trinajstić information content (AvgIpc) is 2.90. The Morgan fingerprint density at radius 3 is 2.30 bits per heavy atom. The minimum absolute atomic E-state index is 0.0995. The van der Waals surface area contributed by atoms with E-state index in [4.69, 9.17) is 9.47 Å². The third-order valence-corrected chi connectivity index (χ3v) is 6.39. The zero-order chi connectivity index (χ0) is 29.7. The molecular weight excluding hydrogens is 527 g/mol. The van der Waals surface area contributed by atoms with Crippen LogP contribution >= 0.6 is 0 Å². The maximum Gasteiger partial charge on any atom is 0.471 e. The lowest BCUT2D eigenvalue weighted by Gasteiger charge is -2.36. The van der Waals surface area contributed by atoms with E-state index in [-0.39, 0.29) is 18.0 Å². The van der Waals surface area contributed by atoms with Crippen LogP contribution in [0.3, 0.4) is 0 Å². The molecule has 2 amide bonds. The molecule has 1 fully saturated rings. The Bertz CT molecular complexity index is 1290. The number of benzene rings is 2. The zero-order valence-electron chi connectivity index (χ0n) is 22.9. The van der Waals surface area contributed by atoms with Crippen LogP contribution in [-0.2, 0) is 20.8 Å². The van der Waals surface area contributed by atoms with Gasteiger partial charge in [0.15, 0.2) is 0 Å². The van der Waals surface area contributed by atoms with E-state index in [9.17, 15) is 32.8 Å². The van der Waals surface area contributed by atoms with Gasteiger partial charge >= 0.3 is 24.1 Å². The summed E-state index contributed by atoms with van der Waals surface area (Å²) in [4.78, 5) is 39.4. The Morgan fingerprint density at radius 2 is 1.73 bits per heavy atom. The minimum atomic E-state index is -5.10. The first-order valence-corrected chi connectivity index (χ1v) is 12.8. The number of likely N-dealkylation sites (tertiary alicyclic amines) is 1. The van der Waals surface area contributed by atoms with Crippen molar-refractivity contribution < 1.29 is 37.0 Å². The number of esters is 1. The predicted octanol–water partition coefficient (Wildman–Crippen LogP) is 5.55. The molecule has 11 heteroatoms. The van der Waals surface area contributed by atoms with Crippen molar-refractivity contribution in [2.75, 3.05) is 26.7 Å². The molecule has 0 aliphatic carbocycles. The molecule has 0 radical (unpaired) electrons. The molecule has 40 heavy (non-hydrogen) atoms. The van der Waals surface area contributed by atoms with Crippen molar-refractivity contribution in [1.29, 1.82) is 5.26 Å². The summed E-state index contributed by atoms with van der Waals surface area (Å²) in [5, 5.41) is 9.25. The summed E-state index contributed by atoms with van der Waals surface area (Å²) in [6, 6.07) is 13.1. The van der Waals surface area contributed by atoms with Crippen molar-refractivity contribution >= 4 is 18.0 Å². The highest BCUT2D eigenvalue weighted by Gasteiger charge is 2.43. The second kappa shape index (κ2) is 12.4. The van der Waals surface area contributed by atoms with Crippen LogP contribution in [0.15, 0.2) is 42.5 Å². The fraction of sp³-hybridized carbons (Fsp3) is 0.448. The van der Waals surface area contributed by atoms with Crippen LogP contribution in [0.25, 0.3) is 11.1 Å². The fourth-order valence-corrected chi connectivity index (χ4v) is 4.51. The monoisotopic (exact) mass is 559 g/mol. The molecule has 0 N–H and O–H groups in total. The van der Waals surface area contributed by atoms with Gasteiger partial charge in [-0.3, -0.25) is 4.79 Å². The Morgan fingerprint density at radius 1 is 1.05 bits per heavy atom. The SMILES string of the molecule is COC(=O)c1cc(CN(CC2CCN(C(=O)OC(C)(C)C)CC2)C(=O)C(F)(F)F)cc(-c2cccc(C#N)c2)c1. The summed E-state index contributed by atoms with van der Waals surface area (Å²) in [5.41, 5.74) is 1.16. The van der Waals surface area contributed by atoms with Gasteiger partial charge in [-0.25, -0.2) is 9.59 Å². The molecule has 2 aromatic rings. The number of piperidine rings is 1. The summed E-state index contributed by atoms with van der Waals surface area (Å²) >= 11 is 0. The molecule has 1 aliphatic heterocycles. The van der Waals surface area contributed by atoms with Gasteiger partial charge in [-0.05, 0) is 86.6 Å². The predicted molar refractivity (Wildman–Crippen MR) is 140 cm³/mol. The summed E-state index contributed by atoms with van der Waals surface area (Å²) in [5.74, 6) is -2.96. The fourth-order valence-electron chi connectivity index (χ4n) is 4.51. The van der Waals surface area contributed by atoms with E-state index >= 15 is 0 Å². The molecule has 1 heterocycles. The number of hydrogen-bond donors (Lipinski definition) is 0. The van der Waals surface area contributed by atoms with E-state index in [1.807, 2.05) is 6.07 Å². The van der Waals surface area contributed by atoms with Crippen molar-refractivity contribution in [3.63, 3.8) is 0 Å². The van der Waals surface area contributed by atoms with Crippen LogP contribution < -0.4 is 0 Å². The molecule has 8 nitrogen and oxygen atoms in total. The molecule has 2 aromatic carbocycles. The highest BCUT2D eigenvalue weighted by atomic mass is 19.4. The van der Waals surface area contributed by atoms with Crippen molar-refractivity contribution in [1.82, 2.24) is 9.80 Å². The quantitative estimate of drug-likeness (QED) is 0.431. The van der Waals surface area contributed by atoms with Crippen molar-refractivity contribution in [2.45, 2.75) is 51.9 Å². The number of hydrogen-bond acceptors (Lipinski definition) is 6. The Hall–Kier alpha value is -4.07. The second-order valence-electron chi connectivity index (χ2n) is 10.7. The van der Waals surface area contributed by atoms with E-state index < -0.39 is 36.3 Å². The minimum Gasteiger partial charge on any atom is -0.465 e. The molecule has 0 bridgehead atoms. The van der Waals surface area contributed by atoms with Crippen molar-refractivity contribution in [2.24, 2.45) is 5.92 Å². The summed E-state index contributed by atoms with van der Waals surface area (Å²) in [6.45, 7) is 5.26. The van der Waals surface area contributed by atoms with E-state index in [2.05, 4.69) is 0 Å². The highest BCUT2D eigenvalue weighted by molar-refractivity contribution is 5.91. The zero-order valence-corrected chi connectivity index (χ0v) is 22.9. The number of nitrogens with zero attached hydrogens (tertiary/aromatic N) is 3. The van der Waals surface area contributed by atoms with Crippen LogP contribution in [0, 0.1) is 17.2 Å². The lowest BCUT2D eigenvalue weighted by Crippen LogP contribution is -2.46. The highest BCUT2D eigenvalue weighted by Crippen LogP contribution is 2.28. The summed E-state index contributed by atoms with van der Waals surface area (Å²) < 4.78 is 51.0. The van der Waals surface area contributed by atoms with Gasteiger partial charge in [0.1, 0.15) is 5.60 Å². The topological polar surface area (TPSA) is 99.9 Å². The van der Waals surface area contributed by atoms with Gasteiger partial charge < -0.3 is 19.3 Å². The molecule has 0 saturated carbocycles. The average molecular weight is 560 g/mol. The third kappa shape index (κ3) is 8.21. The van der Waals surface area contributed by atoms with Gasteiger partial charge in [-0.15, -0.1) is 0 Å². The number of rotatable bonds is 6. The van der Waals surface area contributed by atoms with Crippen LogP contribution in [0.5, 0.6) is 0 Å². The van der Waals surface area contributed by atoms with Crippen LogP contribution in [0.2, 0.25) is 0 Å². The smallest absolute Gasteiger partial charge is 0.465 e. The van der Waals surface area contributed by atoms with E-state index in [0.717, 1.165) is 4.90 Å². The largest absolute Gasteiger partial charge is 0.471 e. The summed E-state index contributed by atoms with van der Waals surface area (Å²) in [7, 11) is 1.19. The number of nitriles is 1. The first kappa shape index (κ1) is 30.5. The molecule has 3 rings (SSSR count). The van der Waals surface area contributed by atoms with Crippen LogP contribution in [0.4, 0.5) is 18.0 Å². The first-order chi connectivity index (χ1) is 18.7. The molecule has 0 aromatic heterocycles. The maximum atomic E-state index is 13.6. The van der Waals surface area contributed by atoms with Gasteiger partial charge in [0.05, 0.1) is 24.3 Å². The summed E-state index contributed by atoms with van der Waals surface area (Å²) in [6.07, 6.45) is -4.78. The van der Waals surface area contributed by atoms with E-state index in [1.54, 1.807) is 51.1 Å². The Kier molecular flexibility index (Phi) is 9.45. The lowest BCUT2D eigenvalue weighted by atomic mass is 9.95. The number of amides is 2. The molecule has 1 aliphatic rings. The maximum absolute atomic E-state index is 13.6. The lowest BCUT2D eigenvalue weighted by molar-refractivity contribution is -0.187. The third-order valence-electron chi connectivity index (χ3n) is 6.39. The Labute approximate surface area is 231 Å². The van der Waals surface area contributed by atoms with Crippen LogP contribution in [-0.4, -0.2) is 66.3 Å². The standard InChI is InChI=1S/C29H32F3N3O5/c1-28(2,3)40-27(38)34-10-8-19(9-11-34)17-35(26(37)29(30,31)32)18-21-13-23(15-24(14-21)25(36)39-4)22-7-5-6-20(12-22)16-33/h5-7,12-15,19H,8-11,17-18H2,1-4H3. The van der Waals surface area contributed by atoms with Crippen molar-refractivity contribution in [3.05, 3.63) is 59.2 Å². The number of carbonyl (C=O) groups is 3. The van der Waals surface area contributed by atoms with Gasteiger partial charge in [-0.1, -0.05) is 12.1 Å². The van der Waals surface area contributed by atoms with Crippen molar-refractivity contribution in [3.8, 4) is 17.2 Å². The number of halogens is 3. The number of alkyl halides is 3. The number of carbonyl (C=O) groups excluding carboxylic acids is 3. The second-order valence-corrected chi connectivity index (χ2v) is 10.7. The molecule has 0 unspecified atom stereocenters. The van der Waals surface area contributed by atoms with E-state index in [0.29, 0.717) is 48.2 Å². The molecular formula is C29H32F3N3O5. The van der Waals surface area contributed by atoms with Gasteiger partial charge in [0.25, 0.3) is 0 Å². The molecule has 1 saturated heterocycles. The number of methoxy groups -OCH3 is 1. The molecule has 214 valence electrons. The van der Waals surface area contributed by atoms with Crippen LogP contribution in [0.1, 0.15) is 55.1 Å².